The van der Waals surface area contributed by atoms with Gasteiger partial charge in [-0.2, -0.15) is 0 Å². The van der Waals surface area contributed by atoms with Crippen molar-refractivity contribution in [3.8, 4) is 0 Å². The maximum atomic E-state index is 5.23. The first kappa shape index (κ1) is 10.4. The fourth-order valence-electron chi connectivity index (χ4n) is 0.498. The zero-order valence-electron chi connectivity index (χ0n) is 6.18. The van der Waals surface area contributed by atoms with E-state index >= 15 is 0 Å². The van der Waals surface area contributed by atoms with Crippen LogP contribution in [0.25, 0.3) is 0 Å². The Morgan fingerprint density at radius 1 is 1.60 bits per heavy atom. The van der Waals surface area contributed by atoms with E-state index in [-0.39, 0.29) is 6.29 Å². The summed E-state index contributed by atoms with van der Waals surface area (Å²) in [6.07, 6.45) is 1.65. The fourth-order valence-corrected chi connectivity index (χ4v) is 1.01. The van der Waals surface area contributed by atoms with Gasteiger partial charge in [-0.15, -0.1) is 6.58 Å². The molecule has 0 saturated carbocycles. The second-order valence-corrected chi connectivity index (χ2v) is 2.54. The second-order valence-electron chi connectivity index (χ2n) is 1.66. The summed E-state index contributed by atoms with van der Waals surface area (Å²) >= 11 is 2.23. The minimum absolute atomic E-state index is 0.0661. The third kappa shape index (κ3) is 5.20. The summed E-state index contributed by atoms with van der Waals surface area (Å²) in [5, 5.41) is 0. The summed E-state index contributed by atoms with van der Waals surface area (Å²) in [6.45, 7) is 6.76. The van der Waals surface area contributed by atoms with E-state index in [1.54, 1.807) is 6.08 Å². The summed E-state index contributed by atoms with van der Waals surface area (Å²) in [7, 11) is 0. The largest absolute Gasteiger partial charge is 0.352 e. The van der Waals surface area contributed by atoms with Crippen LogP contribution < -0.4 is 0 Å². The first-order chi connectivity index (χ1) is 4.85. The van der Waals surface area contributed by atoms with Crippen LogP contribution in [0.3, 0.4) is 0 Å². The van der Waals surface area contributed by atoms with E-state index in [9.17, 15) is 0 Å². The van der Waals surface area contributed by atoms with Gasteiger partial charge in [0.2, 0.25) is 0 Å². The molecule has 0 radical (unpaired) electrons. The van der Waals surface area contributed by atoms with Crippen LogP contribution in [0, 0.1) is 0 Å². The topological polar surface area (TPSA) is 18.5 Å². The molecule has 0 spiro atoms. The maximum absolute atomic E-state index is 5.23. The summed E-state index contributed by atoms with van der Waals surface area (Å²) in [6, 6.07) is 0. The lowest BCUT2D eigenvalue weighted by molar-refractivity contribution is -0.113. The molecule has 0 aromatic heterocycles. The number of ether oxygens (including phenoxy) is 2. The molecule has 0 aromatic rings. The van der Waals surface area contributed by atoms with E-state index in [0.29, 0.717) is 13.2 Å². The summed E-state index contributed by atoms with van der Waals surface area (Å²) in [5.41, 5.74) is 0. The number of halogens is 1. The van der Waals surface area contributed by atoms with Crippen molar-refractivity contribution in [2.45, 2.75) is 13.2 Å². The van der Waals surface area contributed by atoms with Crippen molar-refractivity contribution in [2.75, 3.05) is 17.6 Å². The van der Waals surface area contributed by atoms with E-state index in [0.717, 1.165) is 4.43 Å². The van der Waals surface area contributed by atoms with Crippen LogP contribution in [0.1, 0.15) is 6.92 Å². The number of hydrogen-bond donors (Lipinski definition) is 0. The molecule has 2 nitrogen and oxygen atoms in total. The lowest BCUT2D eigenvalue weighted by atomic mass is 10.6. The minimum atomic E-state index is -0.0661. The van der Waals surface area contributed by atoms with Crippen molar-refractivity contribution < 1.29 is 9.47 Å². The molecular formula is C7H13IO2. The highest BCUT2D eigenvalue weighted by atomic mass is 127. The van der Waals surface area contributed by atoms with Crippen molar-refractivity contribution in [3.05, 3.63) is 12.7 Å². The molecular weight excluding hydrogens is 243 g/mol. The zero-order chi connectivity index (χ0) is 7.82. The Kier molecular flexibility index (Phi) is 7.79. The van der Waals surface area contributed by atoms with Gasteiger partial charge >= 0.3 is 0 Å². The van der Waals surface area contributed by atoms with Gasteiger partial charge in [0.25, 0.3) is 0 Å². The highest BCUT2D eigenvalue weighted by molar-refractivity contribution is 14.1. The molecule has 0 aliphatic rings. The van der Waals surface area contributed by atoms with Crippen LogP contribution in [0.4, 0.5) is 0 Å². The molecule has 0 amide bonds. The summed E-state index contributed by atoms with van der Waals surface area (Å²) in [5.74, 6) is 0. The Morgan fingerprint density at radius 2 is 2.30 bits per heavy atom. The van der Waals surface area contributed by atoms with Crippen LogP contribution in [0.5, 0.6) is 0 Å². The van der Waals surface area contributed by atoms with Gasteiger partial charge in [-0.25, -0.2) is 0 Å². The first-order valence-corrected chi connectivity index (χ1v) is 4.77. The van der Waals surface area contributed by atoms with Crippen molar-refractivity contribution in [2.24, 2.45) is 0 Å². The van der Waals surface area contributed by atoms with E-state index in [1.807, 2.05) is 6.92 Å². The zero-order valence-corrected chi connectivity index (χ0v) is 8.34. The lowest BCUT2D eigenvalue weighted by Crippen LogP contribution is -2.18. The highest BCUT2D eigenvalue weighted by Crippen LogP contribution is 1.99. The van der Waals surface area contributed by atoms with Crippen LogP contribution in [-0.2, 0) is 9.47 Å². The molecule has 0 rings (SSSR count). The quantitative estimate of drug-likeness (QED) is 0.313. The van der Waals surface area contributed by atoms with Crippen LogP contribution >= 0.6 is 22.6 Å². The standard InChI is InChI=1S/C7H13IO2/c1-3-5-10-7(6-8)9-4-2/h3,7H,1,4-6H2,2H3. The van der Waals surface area contributed by atoms with Gasteiger partial charge < -0.3 is 9.47 Å². The molecule has 0 bridgehead atoms. The van der Waals surface area contributed by atoms with Crippen molar-refractivity contribution >= 4 is 22.6 Å². The molecule has 0 heterocycles. The monoisotopic (exact) mass is 256 g/mol. The van der Waals surface area contributed by atoms with Gasteiger partial charge in [-0.1, -0.05) is 28.7 Å². The van der Waals surface area contributed by atoms with E-state index in [4.69, 9.17) is 9.47 Å². The average molecular weight is 256 g/mol. The predicted molar refractivity (Wildman–Crippen MR) is 50.5 cm³/mol. The van der Waals surface area contributed by atoms with Crippen molar-refractivity contribution in [1.29, 1.82) is 0 Å². The van der Waals surface area contributed by atoms with Crippen LogP contribution in [-0.4, -0.2) is 23.9 Å². The summed E-state index contributed by atoms with van der Waals surface area (Å²) < 4.78 is 11.3. The van der Waals surface area contributed by atoms with Gasteiger partial charge in [-0.3, -0.25) is 0 Å². The third-order valence-corrected chi connectivity index (χ3v) is 1.60. The molecule has 0 aliphatic heterocycles. The molecule has 0 aromatic carbocycles. The molecule has 0 N–H and O–H groups in total. The molecule has 1 atom stereocenters. The number of rotatable bonds is 6. The van der Waals surface area contributed by atoms with Crippen LogP contribution in [0.15, 0.2) is 12.7 Å². The summed E-state index contributed by atoms with van der Waals surface area (Å²) in [4.78, 5) is 0. The molecule has 0 aliphatic carbocycles. The average Bonchev–Trinajstić information content (AvgIpc) is 1.98. The molecule has 60 valence electrons. The van der Waals surface area contributed by atoms with Gasteiger partial charge in [0.1, 0.15) is 0 Å². The van der Waals surface area contributed by atoms with Gasteiger partial charge in [0.05, 0.1) is 11.0 Å². The van der Waals surface area contributed by atoms with E-state index in [1.165, 1.54) is 0 Å². The van der Waals surface area contributed by atoms with Crippen LogP contribution in [0.2, 0.25) is 0 Å². The molecule has 1 unspecified atom stereocenters. The third-order valence-electron chi connectivity index (χ3n) is 0.879. The van der Waals surface area contributed by atoms with Gasteiger partial charge in [-0.05, 0) is 6.92 Å². The Morgan fingerprint density at radius 3 is 2.70 bits per heavy atom. The maximum Gasteiger partial charge on any atom is 0.166 e. The predicted octanol–water partition coefficient (Wildman–Crippen LogP) is 1.99. The first-order valence-electron chi connectivity index (χ1n) is 3.25. The molecule has 0 fully saturated rings. The Balaban J connectivity index is 3.29. The SMILES string of the molecule is C=CCOC(CI)OCC. The Hall–Kier alpha value is 0.390. The van der Waals surface area contributed by atoms with Gasteiger partial charge in [0, 0.05) is 6.61 Å². The number of hydrogen-bond acceptors (Lipinski definition) is 2. The molecule has 3 heteroatoms. The Labute approximate surface area is 75.7 Å². The molecule has 10 heavy (non-hydrogen) atoms. The van der Waals surface area contributed by atoms with Crippen molar-refractivity contribution in [3.63, 3.8) is 0 Å². The molecule has 0 saturated heterocycles. The van der Waals surface area contributed by atoms with E-state index < -0.39 is 0 Å². The number of alkyl halides is 1. The normalized spacial score (nSPS) is 13.0. The fraction of sp³-hybridized carbons (Fsp3) is 0.714. The van der Waals surface area contributed by atoms with Crippen molar-refractivity contribution in [1.82, 2.24) is 0 Å². The van der Waals surface area contributed by atoms with E-state index in [2.05, 4.69) is 29.2 Å². The Bertz CT molecular complexity index is 85.7. The smallest absolute Gasteiger partial charge is 0.166 e. The lowest BCUT2D eigenvalue weighted by Gasteiger charge is -2.13. The second kappa shape index (κ2) is 7.50. The minimum Gasteiger partial charge on any atom is -0.352 e. The highest BCUT2D eigenvalue weighted by Gasteiger charge is 2.03. The van der Waals surface area contributed by atoms with Gasteiger partial charge in [0.15, 0.2) is 6.29 Å².